The zero-order valence-corrected chi connectivity index (χ0v) is 13.9. The summed E-state index contributed by atoms with van der Waals surface area (Å²) in [6, 6.07) is 9.14. The molecular formula is C18H20ClN3O. The lowest BCUT2D eigenvalue weighted by molar-refractivity contribution is 0.102. The Morgan fingerprint density at radius 2 is 2.00 bits per heavy atom. The molecule has 1 aliphatic rings. The van der Waals surface area contributed by atoms with Crippen LogP contribution in [0, 0.1) is 6.92 Å². The van der Waals surface area contributed by atoms with Gasteiger partial charge in [0.05, 0.1) is 5.56 Å². The molecule has 0 spiro atoms. The van der Waals surface area contributed by atoms with Crippen LogP contribution in [0.2, 0.25) is 5.02 Å². The van der Waals surface area contributed by atoms with E-state index in [9.17, 15) is 4.79 Å². The highest BCUT2D eigenvalue weighted by molar-refractivity contribution is 6.31. The van der Waals surface area contributed by atoms with Crippen molar-refractivity contribution in [2.24, 2.45) is 0 Å². The summed E-state index contributed by atoms with van der Waals surface area (Å²) in [5.74, 6) is 0.613. The maximum absolute atomic E-state index is 12.7. The number of nitrogens with one attached hydrogen (secondary N) is 1. The molecule has 0 bridgehead atoms. The number of amides is 1. The number of carbonyl (C=O) groups is 1. The smallest absolute Gasteiger partial charge is 0.259 e. The number of anilines is 2. The molecule has 1 aromatic carbocycles. The van der Waals surface area contributed by atoms with E-state index in [1.54, 1.807) is 18.3 Å². The second-order valence-corrected chi connectivity index (χ2v) is 6.25. The lowest BCUT2D eigenvalue weighted by Crippen LogP contribution is -2.32. The lowest BCUT2D eigenvalue weighted by Gasteiger charge is -2.29. The van der Waals surface area contributed by atoms with E-state index in [1.165, 1.54) is 6.42 Å². The van der Waals surface area contributed by atoms with Gasteiger partial charge in [-0.25, -0.2) is 4.98 Å². The topological polar surface area (TPSA) is 45.2 Å². The SMILES string of the molecule is Cc1ccc(NC(=O)c2cccnc2N2CCCCC2)cc1Cl. The predicted molar refractivity (Wildman–Crippen MR) is 94.4 cm³/mol. The van der Waals surface area contributed by atoms with E-state index < -0.39 is 0 Å². The minimum atomic E-state index is -0.154. The van der Waals surface area contributed by atoms with Gasteiger partial charge in [-0.2, -0.15) is 0 Å². The number of hydrogen-bond donors (Lipinski definition) is 1. The minimum Gasteiger partial charge on any atom is -0.356 e. The van der Waals surface area contributed by atoms with Crippen molar-refractivity contribution in [3.05, 3.63) is 52.7 Å². The third-order valence-electron chi connectivity index (χ3n) is 4.12. The molecular weight excluding hydrogens is 310 g/mol. The van der Waals surface area contributed by atoms with E-state index in [4.69, 9.17) is 11.6 Å². The highest BCUT2D eigenvalue weighted by Gasteiger charge is 2.19. The van der Waals surface area contributed by atoms with E-state index in [-0.39, 0.29) is 5.91 Å². The second kappa shape index (κ2) is 7.01. The van der Waals surface area contributed by atoms with Crippen LogP contribution >= 0.6 is 11.6 Å². The Labute approximate surface area is 141 Å². The summed E-state index contributed by atoms with van der Waals surface area (Å²) < 4.78 is 0. The molecule has 1 aliphatic heterocycles. The summed E-state index contributed by atoms with van der Waals surface area (Å²) in [6.07, 6.45) is 5.27. The fourth-order valence-electron chi connectivity index (χ4n) is 2.80. The van der Waals surface area contributed by atoms with Gasteiger partial charge in [0.1, 0.15) is 5.82 Å². The highest BCUT2D eigenvalue weighted by atomic mass is 35.5. The number of halogens is 1. The highest BCUT2D eigenvalue weighted by Crippen LogP contribution is 2.24. The lowest BCUT2D eigenvalue weighted by atomic mass is 10.1. The zero-order chi connectivity index (χ0) is 16.2. The number of piperidine rings is 1. The molecule has 0 radical (unpaired) electrons. The molecule has 0 aliphatic carbocycles. The third-order valence-corrected chi connectivity index (χ3v) is 4.52. The van der Waals surface area contributed by atoms with Gasteiger partial charge >= 0.3 is 0 Å². The number of rotatable bonds is 3. The molecule has 120 valence electrons. The van der Waals surface area contributed by atoms with Gasteiger partial charge in [-0.05, 0) is 56.0 Å². The Bertz CT molecular complexity index is 711. The van der Waals surface area contributed by atoms with E-state index >= 15 is 0 Å². The number of aromatic nitrogens is 1. The Balaban J connectivity index is 1.83. The van der Waals surface area contributed by atoms with Crippen LogP contribution in [-0.2, 0) is 0 Å². The van der Waals surface area contributed by atoms with Crippen LogP contribution in [0.25, 0.3) is 0 Å². The van der Waals surface area contributed by atoms with Crippen molar-refractivity contribution in [3.8, 4) is 0 Å². The van der Waals surface area contributed by atoms with E-state index in [2.05, 4.69) is 15.2 Å². The quantitative estimate of drug-likeness (QED) is 0.913. The summed E-state index contributed by atoms with van der Waals surface area (Å²) in [7, 11) is 0. The number of nitrogens with zero attached hydrogens (tertiary/aromatic N) is 2. The number of carbonyl (C=O) groups excluding carboxylic acids is 1. The van der Waals surface area contributed by atoms with Crippen LogP contribution in [0.4, 0.5) is 11.5 Å². The Kier molecular flexibility index (Phi) is 4.82. The molecule has 1 N–H and O–H groups in total. The van der Waals surface area contributed by atoms with E-state index in [0.29, 0.717) is 16.3 Å². The summed E-state index contributed by atoms with van der Waals surface area (Å²) in [6.45, 7) is 3.84. The van der Waals surface area contributed by atoms with Gasteiger partial charge in [0.2, 0.25) is 0 Å². The molecule has 0 unspecified atom stereocenters. The average Bonchev–Trinajstić information content (AvgIpc) is 2.59. The fourth-order valence-corrected chi connectivity index (χ4v) is 2.98. The molecule has 5 heteroatoms. The molecule has 2 heterocycles. The monoisotopic (exact) mass is 329 g/mol. The Morgan fingerprint density at radius 3 is 2.74 bits per heavy atom. The molecule has 23 heavy (non-hydrogen) atoms. The number of pyridine rings is 1. The van der Waals surface area contributed by atoms with Gasteiger partial charge < -0.3 is 10.2 Å². The van der Waals surface area contributed by atoms with Crippen LogP contribution in [0.5, 0.6) is 0 Å². The summed E-state index contributed by atoms with van der Waals surface area (Å²) >= 11 is 6.12. The number of aryl methyl sites for hydroxylation is 1. The summed E-state index contributed by atoms with van der Waals surface area (Å²) in [4.78, 5) is 19.3. The normalized spacial score (nSPS) is 14.6. The molecule has 3 rings (SSSR count). The van der Waals surface area contributed by atoms with Crippen molar-refractivity contribution in [2.75, 3.05) is 23.3 Å². The van der Waals surface area contributed by atoms with Gasteiger partial charge in [-0.3, -0.25) is 4.79 Å². The van der Waals surface area contributed by atoms with Crippen molar-refractivity contribution in [1.82, 2.24) is 4.98 Å². The number of benzene rings is 1. The van der Waals surface area contributed by atoms with Crippen LogP contribution in [0.15, 0.2) is 36.5 Å². The van der Waals surface area contributed by atoms with Crippen molar-refractivity contribution < 1.29 is 4.79 Å². The first-order valence-corrected chi connectivity index (χ1v) is 8.30. The molecule has 1 aromatic heterocycles. The van der Waals surface area contributed by atoms with Gasteiger partial charge in [-0.1, -0.05) is 17.7 Å². The first-order valence-electron chi connectivity index (χ1n) is 7.92. The molecule has 2 aromatic rings. The van der Waals surface area contributed by atoms with Crippen LogP contribution in [-0.4, -0.2) is 24.0 Å². The van der Waals surface area contributed by atoms with Gasteiger partial charge in [0.25, 0.3) is 5.91 Å². The molecule has 1 saturated heterocycles. The molecule has 0 atom stereocenters. The minimum absolute atomic E-state index is 0.154. The molecule has 1 fully saturated rings. The standard InChI is InChI=1S/C18H20ClN3O/c1-13-7-8-14(12-16(13)19)21-18(23)15-6-5-9-20-17(15)22-10-3-2-4-11-22/h5-9,12H,2-4,10-11H2,1H3,(H,21,23). The zero-order valence-electron chi connectivity index (χ0n) is 13.2. The Morgan fingerprint density at radius 1 is 1.22 bits per heavy atom. The molecule has 4 nitrogen and oxygen atoms in total. The molecule has 1 amide bonds. The van der Waals surface area contributed by atoms with E-state index in [0.717, 1.165) is 37.3 Å². The summed E-state index contributed by atoms with van der Waals surface area (Å²) in [5.41, 5.74) is 2.28. The fraction of sp³-hybridized carbons (Fsp3) is 0.333. The second-order valence-electron chi connectivity index (χ2n) is 5.84. The van der Waals surface area contributed by atoms with Crippen molar-refractivity contribution >= 4 is 29.0 Å². The van der Waals surface area contributed by atoms with Crippen molar-refractivity contribution in [3.63, 3.8) is 0 Å². The van der Waals surface area contributed by atoms with Gasteiger partial charge in [0, 0.05) is 30.0 Å². The maximum Gasteiger partial charge on any atom is 0.259 e. The third kappa shape index (κ3) is 3.64. The predicted octanol–water partition coefficient (Wildman–Crippen LogP) is 4.29. The first-order chi connectivity index (χ1) is 11.1. The van der Waals surface area contributed by atoms with Crippen LogP contribution in [0.1, 0.15) is 35.2 Å². The van der Waals surface area contributed by atoms with Gasteiger partial charge in [-0.15, -0.1) is 0 Å². The number of hydrogen-bond acceptors (Lipinski definition) is 3. The van der Waals surface area contributed by atoms with Crippen LogP contribution < -0.4 is 10.2 Å². The van der Waals surface area contributed by atoms with Crippen molar-refractivity contribution in [1.29, 1.82) is 0 Å². The largest absolute Gasteiger partial charge is 0.356 e. The Hall–Kier alpha value is -2.07. The van der Waals surface area contributed by atoms with Crippen LogP contribution in [0.3, 0.4) is 0 Å². The van der Waals surface area contributed by atoms with Gasteiger partial charge in [0.15, 0.2) is 0 Å². The summed E-state index contributed by atoms with van der Waals surface area (Å²) in [5, 5.41) is 3.56. The maximum atomic E-state index is 12.7. The van der Waals surface area contributed by atoms with E-state index in [1.807, 2.05) is 25.1 Å². The first kappa shape index (κ1) is 15.8. The average molecular weight is 330 g/mol. The van der Waals surface area contributed by atoms with Crippen molar-refractivity contribution in [2.45, 2.75) is 26.2 Å². The molecule has 0 saturated carbocycles.